The Balaban J connectivity index is 2.67. The molecule has 0 saturated heterocycles. The molecule has 2 rings (SSSR count). The summed E-state index contributed by atoms with van der Waals surface area (Å²) in [5.74, 6) is -0.953. The number of azo groups is 1. The van der Waals surface area contributed by atoms with Crippen LogP contribution in [-0.2, 0) is 44.7 Å². The van der Waals surface area contributed by atoms with E-state index in [1.807, 2.05) is 0 Å². The normalized spacial score (nSPS) is 13.3. The number of anilines is 1. The molecule has 19 heteroatoms. The summed E-state index contributed by atoms with van der Waals surface area (Å²) < 4.78 is 125. The third-order valence-electron chi connectivity index (χ3n) is 4.15. The largest absolute Gasteiger partial charge is 0.397 e. The average Bonchev–Trinajstić information content (AvgIpc) is 2.69. The maximum absolute atomic E-state index is 12.5. The fourth-order valence-corrected chi connectivity index (χ4v) is 5.39. The van der Waals surface area contributed by atoms with Gasteiger partial charge >= 0.3 is 10.4 Å². The monoisotopic (exact) mass is 573 g/mol. The zero-order valence-electron chi connectivity index (χ0n) is 17.9. The lowest BCUT2D eigenvalue weighted by Gasteiger charge is -2.16. The third kappa shape index (κ3) is 7.73. The molecule has 35 heavy (non-hydrogen) atoms. The van der Waals surface area contributed by atoms with E-state index in [-0.39, 0.29) is 5.69 Å². The Kier molecular flexibility index (Phi) is 8.39. The first kappa shape index (κ1) is 28.7. The van der Waals surface area contributed by atoms with Crippen molar-refractivity contribution >= 4 is 57.5 Å². The predicted octanol–water partition coefficient (Wildman–Crippen LogP) is 1.25. The van der Waals surface area contributed by atoms with Gasteiger partial charge in [0.05, 0.1) is 22.9 Å². The van der Waals surface area contributed by atoms with Crippen LogP contribution < -0.4 is 4.90 Å². The van der Waals surface area contributed by atoms with Crippen molar-refractivity contribution in [1.29, 1.82) is 0 Å². The van der Waals surface area contributed by atoms with E-state index in [1.54, 1.807) is 0 Å². The standard InChI is InChI=1S/C16H19N3O12S4/c1-19(2)13-4-3-5-15(34(25,26)27)16(13)18-17-12-10-11(6-7-14(12)33(22,23)24)32(20,21)9-8-31-35(28,29)30/h3-7,10H,8-9H2,1-2H3,(H,22,23,24)(H,25,26,27)(H,28,29,30)/b18-17+. The lowest BCUT2D eigenvalue weighted by atomic mass is 10.2. The Morgan fingerprint density at radius 3 is 1.94 bits per heavy atom. The minimum atomic E-state index is -4.97. The highest BCUT2D eigenvalue weighted by atomic mass is 32.3. The van der Waals surface area contributed by atoms with Crippen LogP contribution in [0.2, 0.25) is 0 Å². The van der Waals surface area contributed by atoms with Crippen molar-refractivity contribution in [2.45, 2.75) is 14.7 Å². The molecule has 0 spiro atoms. The van der Waals surface area contributed by atoms with E-state index in [2.05, 4.69) is 14.4 Å². The van der Waals surface area contributed by atoms with Gasteiger partial charge in [-0.1, -0.05) is 6.07 Å². The Hall–Kier alpha value is -2.52. The second-order valence-corrected chi connectivity index (χ2v) is 12.8. The molecule has 0 amide bonds. The number of hydrogen-bond donors (Lipinski definition) is 3. The van der Waals surface area contributed by atoms with Gasteiger partial charge in [0.1, 0.15) is 21.2 Å². The fraction of sp³-hybridized carbons (Fsp3) is 0.250. The first-order chi connectivity index (χ1) is 15.8. The minimum absolute atomic E-state index is 0.128. The summed E-state index contributed by atoms with van der Waals surface area (Å²) in [6.07, 6.45) is 0. The number of hydrogen-bond acceptors (Lipinski definition) is 12. The minimum Gasteiger partial charge on any atom is -0.376 e. The van der Waals surface area contributed by atoms with Gasteiger partial charge in [0.25, 0.3) is 20.2 Å². The van der Waals surface area contributed by atoms with Crippen LogP contribution in [0.5, 0.6) is 0 Å². The van der Waals surface area contributed by atoms with E-state index in [0.717, 1.165) is 12.1 Å². The van der Waals surface area contributed by atoms with Gasteiger partial charge < -0.3 is 4.90 Å². The quantitative estimate of drug-likeness (QED) is 0.268. The summed E-state index contributed by atoms with van der Waals surface area (Å²) in [7, 11) is -16.0. The van der Waals surface area contributed by atoms with E-state index in [1.165, 1.54) is 31.1 Å². The molecule has 0 aliphatic rings. The van der Waals surface area contributed by atoms with Crippen molar-refractivity contribution in [3.05, 3.63) is 36.4 Å². The second-order valence-electron chi connectivity index (χ2n) is 6.87. The number of sulfone groups is 1. The predicted molar refractivity (Wildman–Crippen MR) is 121 cm³/mol. The molecular formula is C16H19N3O12S4. The molecule has 2 aromatic carbocycles. The lowest BCUT2D eigenvalue weighted by molar-refractivity contribution is 0.284. The van der Waals surface area contributed by atoms with Crippen molar-refractivity contribution in [3.8, 4) is 0 Å². The van der Waals surface area contributed by atoms with Crippen molar-refractivity contribution in [2.75, 3.05) is 31.4 Å². The first-order valence-electron chi connectivity index (χ1n) is 8.98. The molecule has 15 nitrogen and oxygen atoms in total. The SMILES string of the molecule is CN(C)c1cccc(S(=O)(=O)O)c1/N=N/c1cc(S(=O)(=O)CCOS(=O)(=O)O)ccc1S(=O)(=O)O. The van der Waals surface area contributed by atoms with Crippen molar-refractivity contribution in [3.63, 3.8) is 0 Å². The summed E-state index contributed by atoms with van der Waals surface area (Å²) >= 11 is 0. The highest BCUT2D eigenvalue weighted by Crippen LogP contribution is 2.37. The topological polar surface area (TPSA) is 234 Å². The van der Waals surface area contributed by atoms with Crippen LogP contribution in [0.25, 0.3) is 0 Å². The van der Waals surface area contributed by atoms with Crippen molar-refractivity contribution in [1.82, 2.24) is 0 Å². The van der Waals surface area contributed by atoms with E-state index >= 15 is 0 Å². The maximum Gasteiger partial charge on any atom is 0.397 e. The van der Waals surface area contributed by atoms with Crippen LogP contribution in [-0.4, -0.2) is 73.8 Å². The Morgan fingerprint density at radius 2 is 1.43 bits per heavy atom. The Bertz CT molecular complexity index is 1580. The van der Waals surface area contributed by atoms with E-state index in [9.17, 15) is 42.8 Å². The molecule has 2 aromatic rings. The molecule has 0 bridgehead atoms. The zero-order chi connectivity index (χ0) is 26.8. The average molecular weight is 574 g/mol. The summed E-state index contributed by atoms with van der Waals surface area (Å²) in [6.45, 7) is -0.966. The van der Waals surface area contributed by atoms with Crippen molar-refractivity contribution < 1.29 is 51.5 Å². The smallest absolute Gasteiger partial charge is 0.376 e. The molecular weight excluding hydrogens is 554 g/mol. The van der Waals surface area contributed by atoms with Crippen LogP contribution in [0.1, 0.15) is 0 Å². The van der Waals surface area contributed by atoms with E-state index < -0.39 is 78.9 Å². The van der Waals surface area contributed by atoms with Gasteiger partial charge in [0, 0.05) is 14.1 Å². The molecule has 0 fully saturated rings. The highest BCUT2D eigenvalue weighted by Gasteiger charge is 2.23. The first-order valence-corrected chi connectivity index (χ1v) is 14.9. The second kappa shape index (κ2) is 10.2. The maximum atomic E-state index is 12.5. The van der Waals surface area contributed by atoms with Gasteiger partial charge in [-0.25, -0.2) is 12.6 Å². The van der Waals surface area contributed by atoms with Gasteiger partial charge in [0.2, 0.25) is 0 Å². The molecule has 0 saturated carbocycles. The van der Waals surface area contributed by atoms with E-state index in [4.69, 9.17) is 4.55 Å². The van der Waals surface area contributed by atoms with Crippen LogP contribution in [0.15, 0.2) is 61.3 Å². The number of nitrogens with zero attached hydrogens (tertiary/aromatic N) is 3. The molecule has 0 heterocycles. The Morgan fingerprint density at radius 1 is 0.829 bits per heavy atom. The van der Waals surface area contributed by atoms with Gasteiger partial charge in [-0.05, 0) is 30.3 Å². The molecule has 0 aliphatic carbocycles. The van der Waals surface area contributed by atoms with Gasteiger partial charge in [-0.3, -0.25) is 13.7 Å². The van der Waals surface area contributed by atoms with Gasteiger partial charge in [0.15, 0.2) is 9.84 Å². The summed E-state index contributed by atoms with van der Waals surface area (Å²) in [5, 5.41) is 7.30. The molecule has 0 radical (unpaired) electrons. The van der Waals surface area contributed by atoms with Crippen LogP contribution in [0, 0.1) is 0 Å². The highest BCUT2D eigenvalue weighted by molar-refractivity contribution is 7.91. The van der Waals surface area contributed by atoms with Crippen molar-refractivity contribution in [2.24, 2.45) is 10.2 Å². The fourth-order valence-electron chi connectivity index (χ4n) is 2.64. The number of rotatable bonds is 10. The zero-order valence-corrected chi connectivity index (χ0v) is 21.1. The lowest BCUT2D eigenvalue weighted by Crippen LogP contribution is -2.15. The molecule has 0 aromatic heterocycles. The molecule has 0 atom stereocenters. The van der Waals surface area contributed by atoms with Crippen LogP contribution in [0.4, 0.5) is 17.1 Å². The van der Waals surface area contributed by atoms with Crippen LogP contribution >= 0.6 is 0 Å². The molecule has 0 aliphatic heterocycles. The Labute approximate surface area is 201 Å². The number of benzene rings is 2. The summed E-state index contributed by atoms with van der Waals surface area (Å²) in [5.41, 5.74) is -1.02. The van der Waals surface area contributed by atoms with E-state index in [0.29, 0.717) is 12.1 Å². The summed E-state index contributed by atoms with van der Waals surface area (Å²) in [6, 6.07) is 5.84. The molecule has 194 valence electrons. The summed E-state index contributed by atoms with van der Waals surface area (Å²) in [4.78, 5) is -0.756. The van der Waals surface area contributed by atoms with Gasteiger partial charge in [-0.2, -0.15) is 25.3 Å². The van der Waals surface area contributed by atoms with Crippen LogP contribution in [0.3, 0.4) is 0 Å². The molecule has 3 N–H and O–H groups in total. The molecule has 0 unspecified atom stereocenters. The third-order valence-corrected chi connectivity index (χ3v) is 8.07. The van der Waals surface area contributed by atoms with Gasteiger partial charge in [-0.15, -0.1) is 10.2 Å².